The predicted molar refractivity (Wildman–Crippen MR) is 227 cm³/mol. The van der Waals surface area contributed by atoms with E-state index in [1.165, 1.54) is 75.2 Å². The van der Waals surface area contributed by atoms with Crippen LogP contribution in [0.4, 0.5) is 17.1 Å². The molecule has 13 rings (SSSR count). The normalized spacial score (nSPS) is 23.1. The Morgan fingerprint density at radius 1 is 0.527 bits per heavy atom. The molecule has 5 atom stereocenters. The molecule has 0 amide bonds. The molecule has 1 spiro atoms. The van der Waals surface area contributed by atoms with Crippen molar-refractivity contribution in [2.75, 3.05) is 4.90 Å². The van der Waals surface area contributed by atoms with Gasteiger partial charge in [0.1, 0.15) is 11.2 Å². The van der Waals surface area contributed by atoms with Crippen LogP contribution in [0.2, 0.25) is 0 Å². The molecule has 0 saturated heterocycles. The fourth-order valence-electron chi connectivity index (χ4n) is 12.2. The molecule has 0 radical (unpaired) electrons. The number of hydrogen-bond donors (Lipinski definition) is 0. The molecule has 0 N–H and O–H groups in total. The molecule has 0 bridgehead atoms. The van der Waals surface area contributed by atoms with E-state index in [2.05, 4.69) is 169 Å². The van der Waals surface area contributed by atoms with Gasteiger partial charge in [-0.25, -0.2) is 0 Å². The third-order valence-electron chi connectivity index (χ3n) is 14.5. The van der Waals surface area contributed by atoms with E-state index in [9.17, 15) is 0 Å². The fourth-order valence-corrected chi connectivity index (χ4v) is 12.2. The summed E-state index contributed by atoms with van der Waals surface area (Å²) in [5, 5.41) is 7.39. The van der Waals surface area contributed by atoms with Crippen molar-refractivity contribution >= 4 is 60.5 Å². The van der Waals surface area contributed by atoms with Crippen LogP contribution in [0.5, 0.6) is 0 Å². The second-order valence-electron chi connectivity index (χ2n) is 16.8. The first-order chi connectivity index (χ1) is 27.2. The van der Waals surface area contributed by atoms with Gasteiger partial charge < -0.3 is 9.32 Å². The van der Waals surface area contributed by atoms with E-state index < -0.39 is 0 Å². The highest BCUT2D eigenvalue weighted by atomic mass is 16.3. The van der Waals surface area contributed by atoms with Crippen molar-refractivity contribution in [1.29, 1.82) is 0 Å². The van der Waals surface area contributed by atoms with E-state index in [0.29, 0.717) is 0 Å². The Hall–Kier alpha value is -6.12. The van der Waals surface area contributed by atoms with E-state index >= 15 is 0 Å². The summed E-state index contributed by atoms with van der Waals surface area (Å²) in [7, 11) is 0. The summed E-state index contributed by atoms with van der Waals surface area (Å²) in [5.74, 6) is 3.53. The van der Waals surface area contributed by atoms with E-state index in [-0.39, 0.29) is 5.41 Å². The lowest BCUT2D eigenvalue weighted by Gasteiger charge is -2.68. The lowest BCUT2D eigenvalue weighted by Crippen LogP contribution is -2.62. The molecule has 3 saturated carbocycles. The number of anilines is 3. The maximum absolute atomic E-state index is 6.50. The van der Waals surface area contributed by atoms with Crippen molar-refractivity contribution in [1.82, 2.24) is 0 Å². The molecule has 2 nitrogen and oxygen atoms in total. The molecule has 9 aromatic rings. The van der Waals surface area contributed by atoms with Crippen LogP contribution in [0.15, 0.2) is 168 Å². The minimum atomic E-state index is 0.0965. The molecular weight excluding hydrogens is 667 g/mol. The van der Waals surface area contributed by atoms with Crippen molar-refractivity contribution in [3.8, 4) is 22.3 Å². The van der Waals surface area contributed by atoms with Crippen molar-refractivity contribution in [3.63, 3.8) is 0 Å². The Kier molecular flexibility index (Phi) is 6.04. The number of hydrogen-bond acceptors (Lipinski definition) is 2. The van der Waals surface area contributed by atoms with Crippen LogP contribution >= 0.6 is 0 Å². The molecule has 2 heteroatoms. The van der Waals surface area contributed by atoms with Crippen LogP contribution in [0.1, 0.15) is 36.8 Å². The number of para-hydroxylation sites is 1. The van der Waals surface area contributed by atoms with Crippen molar-refractivity contribution in [3.05, 3.63) is 175 Å². The molecule has 55 heavy (non-hydrogen) atoms. The molecule has 3 fully saturated rings. The van der Waals surface area contributed by atoms with E-state index in [1.54, 1.807) is 11.1 Å². The summed E-state index contributed by atoms with van der Waals surface area (Å²) in [4.78, 5) is 2.50. The van der Waals surface area contributed by atoms with Gasteiger partial charge in [-0.15, -0.1) is 0 Å². The maximum atomic E-state index is 6.50. The Bertz CT molecular complexity index is 2990. The molecule has 262 valence electrons. The summed E-state index contributed by atoms with van der Waals surface area (Å²) in [5.41, 5.74) is 13.9. The van der Waals surface area contributed by atoms with Gasteiger partial charge in [-0.1, -0.05) is 115 Å². The van der Waals surface area contributed by atoms with Gasteiger partial charge in [0.05, 0.1) is 11.1 Å². The Labute approximate surface area is 320 Å². The quantitative estimate of drug-likeness (QED) is 0.170. The highest BCUT2D eigenvalue weighted by Crippen LogP contribution is 2.73. The zero-order valence-electron chi connectivity index (χ0n) is 30.6. The second-order valence-corrected chi connectivity index (χ2v) is 16.8. The van der Waals surface area contributed by atoms with Crippen LogP contribution in [0, 0.1) is 23.7 Å². The van der Waals surface area contributed by atoms with E-state index in [4.69, 9.17) is 4.42 Å². The van der Waals surface area contributed by atoms with Crippen LogP contribution in [-0.2, 0) is 5.41 Å². The number of fused-ring (bicyclic) bond motifs is 11. The van der Waals surface area contributed by atoms with E-state index in [1.807, 2.05) is 0 Å². The molecule has 4 aliphatic carbocycles. The average Bonchev–Trinajstić information content (AvgIpc) is 3.74. The number of furan rings is 1. The van der Waals surface area contributed by atoms with Crippen molar-refractivity contribution in [2.45, 2.75) is 31.1 Å². The third-order valence-corrected chi connectivity index (χ3v) is 14.5. The Balaban J connectivity index is 1.03. The predicted octanol–water partition coefficient (Wildman–Crippen LogP) is 14.4. The second kappa shape index (κ2) is 11.0. The number of rotatable bonds is 4. The minimum absolute atomic E-state index is 0.0965. The van der Waals surface area contributed by atoms with Gasteiger partial charge >= 0.3 is 0 Å². The lowest BCUT2D eigenvalue weighted by atomic mass is 9.36. The lowest BCUT2D eigenvalue weighted by molar-refractivity contribution is -0.149. The van der Waals surface area contributed by atoms with Gasteiger partial charge in [0.25, 0.3) is 0 Å². The minimum Gasteiger partial charge on any atom is -0.456 e. The fraction of sp³-hybridized carbons (Fsp3) is 0.170. The van der Waals surface area contributed by atoms with Gasteiger partial charge in [-0.3, -0.25) is 0 Å². The molecular formula is C53H39NO. The van der Waals surface area contributed by atoms with E-state index in [0.717, 1.165) is 57.0 Å². The third kappa shape index (κ3) is 3.99. The van der Waals surface area contributed by atoms with Gasteiger partial charge in [0.15, 0.2) is 0 Å². The monoisotopic (exact) mass is 705 g/mol. The topological polar surface area (TPSA) is 16.4 Å². The number of benzene rings is 8. The van der Waals surface area contributed by atoms with Gasteiger partial charge in [-0.05, 0) is 153 Å². The SMILES string of the molecule is c1ccc2c(c1)-c1ccc(N(c3ccc(-c4c5ccccc5cc5ccccc45)cc3)c3cccc4oc5ccccc5c34)cc1C21CCC2CC3CC1C23. The Morgan fingerprint density at radius 2 is 1.22 bits per heavy atom. The zero-order valence-corrected chi connectivity index (χ0v) is 30.6. The zero-order chi connectivity index (χ0) is 35.8. The first-order valence-electron chi connectivity index (χ1n) is 20.2. The van der Waals surface area contributed by atoms with Gasteiger partial charge in [0.2, 0.25) is 0 Å². The van der Waals surface area contributed by atoms with Crippen LogP contribution < -0.4 is 4.90 Å². The standard InChI is InChI=1S/C53H39NO/c1-3-12-39-33(10-1)28-34-11-2-4-13-40(34)51(39)32-20-22-37(23-21-32)54(47-17-9-19-49-52(47)43-15-6-8-18-48(43)55-49)38-24-25-42-41-14-5-7-16-44(41)53(45(42)31-38)27-26-35-29-36-30-46(53)50(35)36/h1-25,28,31,35-36,46,50H,26-27,29-30H2. The largest absolute Gasteiger partial charge is 0.456 e. The smallest absolute Gasteiger partial charge is 0.137 e. The van der Waals surface area contributed by atoms with Crippen LogP contribution in [-0.4, -0.2) is 0 Å². The van der Waals surface area contributed by atoms with Gasteiger partial charge in [-0.2, -0.15) is 0 Å². The van der Waals surface area contributed by atoms with Gasteiger partial charge in [0, 0.05) is 22.2 Å². The van der Waals surface area contributed by atoms with Crippen LogP contribution in [0.25, 0.3) is 65.7 Å². The molecule has 4 aliphatic rings. The summed E-state index contributed by atoms with van der Waals surface area (Å²) in [6, 6.07) is 61.1. The first kappa shape index (κ1) is 30.2. The summed E-state index contributed by atoms with van der Waals surface area (Å²) >= 11 is 0. The molecule has 1 heterocycles. The highest BCUT2D eigenvalue weighted by molar-refractivity contribution is 6.14. The van der Waals surface area contributed by atoms with Crippen LogP contribution in [0.3, 0.4) is 0 Å². The highest BCUT2D eigenvalue weighted by Gasteiger charge is 2.65. The summed E-state index contributed by atoms with van der Waals surface area (Å²) in [6.07, 6.45) is 5.46. The first-order valence-corrected chi connectivity index (χ1v) is 20.2. The summed E-state index contributed by atoms with van der Waals surface area (Å²) < 4.78 is 6.50. The molecule has 5 unspecified atom stereocenters. The molecule has 1 aromatic heterocycles. The van der Waals surface area contributed by atoms with Crippen molar-refractivity contribution < 1.29 is 4.42 Å². The average molecular weight is 706 g/mol. The Morgan fingerprint density at radius 3 is 2.04 bits per heavy atom. The molecule has 0 aliphatic heterocycles. The number of nitrogens with zero attached hydrogens (tertiary/aromatic N) is 1. The van der Waals surface area contributed by atoms with Crippen molar-refractivity contribution in [2.24, 2.45) is 23.7 Å². The molecule has 8 aromatic carbocycles. The summed E-state index contributed by atoms with van der Waals surface area (Å²) in [6.45, 7) is 0. The maximum Gasteiger partial charge on any atom is 0.137 e.